The van der Waals surface area contributed by atoms with Crippen molar-refractivity contribution in [2.45, 2.75) is 52.0 Å². The summed E-state index contributed by atoms with van der Waals surface area (Å²) in [5, 5.41) is 1.34. The van der Waals surface area contributed by atoms with Gasteiger partial charge in [0.1, 0.15) is 0 Å². The summed E-state index contributed by atoms with van der Waals surface area (Å²) in [7, 11) is 0. The van der Waals surface area contributed by atoms with E-state index in [2.05, 4.69) is 72.3 Å². The molecule has 1 aromatic heterocycles. The van der Waals surface area contributed by atoms with Crippen LogP contribution in [0.1, 0.15) is 45.4 Å². The van der Waals surface area contributed by atoms with Gasteiger partial charge < -0.3 is 4.57 Å². The first-order valence-electron chi connectivity index (χ1n) is 9.03. The third-order valence-corrected chi connectivity index (χ3v) is 4.63. The molecule has 0 fully saturated rings. The van der Waals surface area contributed by atoms with Crippen LogP contribution in [-0.4, -0.2) is 4.57 Å². The van der Waals surface area contributed by atoms with Crippen LogP contribution in [0.4, 0.5) is 0 Å². The Kier molecular flexibility index (Phi) is 5.52. The number of benzene rings is 2. The van der Waals surface area contributed by atoms with E-state index in [-0.39, 0.29) is 0 Å². The van der Waals surface area contributed by atoms with Gasteiger partial charge in [0.15, 0.2) is 0 Å². The molecule has 3 rings (SSSR count). The fourth-order valence-corrected chi connectivity index (χ4v) is 3.27. The lowest BCUT2D eigenvalue weighted by Crippen LogP contribution is -1.96. The molecule has 0 saturated heterocycles. The minimum Gasteiger partial charge on any atom is -0.347 e. The fraction of sp³-hybridized carbons (Fsp3) is 0.364. The van der Waals surface area contributed by atoms with Gasteiger partial charge in [0, 0.05) is 23.6 Å². The summed E-state index contributed by atoms with van der Waals surface area (Å²) in [6.07, 6.45) is 10.4. The van der Waals surface area contributed by atoms with E-state index in [1.54, 1.807) is 0 Å². The number of rotatable bonds is 8. The summed E-state index contributed by atoms with van der Waals surface area (Å²) in [6, 6.07) is 19.7. The number of hydrogen-bond acceptors (Lipinski definition) is 0. The molecule has 120 valence electrons. The van der Waals surface area contributed by atoms with Crippen molar-refractivity contribution < 1.29 is 0 Å². The van der Waals surface area contributed by atoms with Crippen molar-refractivity contribution in [1.82, 2.24) is 4.57 Å². The van der Waals surface area contributed by atoms with E-state index >= 15 is 0 Å². The van der Waals surface area contributed by atoms with E-state index in [0.29, 0.717) is 0 Å². The van der Waals surface area contributed by atoms with Crippen LogP contribution in [0.15, 0.2) is 60.8 Å². The van der Waals surface area contributed by atoms with Gasteiger partial charge >= 0.3 is 0 Å². The molecule has 0 aliphatic carbocycles. The van der Waals surface area contributed by atoms with Crippen molar-refractivity contribution in [3.8, 4) is 11.1 Å². The predicted octanol–water partition coefficient (Wildman–Crippen LogP) is 6.67. The van der Waals surface area contributed by atoms with Gasteiger partial charge in [-0.25, -0.2) is 0 Å². The van der Waals surface area contributed by atoms with Crippen molar-refractivity contribution in [3.63, 3.8) is 0 Å². The quantitative estimate of drug-likeness (QED) is 0.410. The van der Waals surface area contributed by atoms with Gasteiger partial charge in [-0.15, -0.1) is 0 Å². The number of fused-ring (bicyclic) bond motifs is 1. The molecule has 0 N–H and O–H groups in total. The Morgan fingerprint density at radius 3 is 2.35 bits per heavy atom. The van der Waals surface area contributed by atoms with Gasteiger partial charge in [-0.3, -0.25) is 0 Å². The molecule has 2 aromatic carbocycles. The maximum atomic E-state index is 2.41. The topological polar surface area (TPSA) is 4.93 Å². The van der Waals surface area contributed by atoms with E-state index in [9.17, 15) is 0 Å². The highest BCUT2D eigenvalue weighted by Gasteiger charge is 2.03. The molecule has 1 heteroatoms. The van der Waals surface area contributed by atoms with Gasteiger partial charge in [0.05, 0.1) is 0 Å². The average molecular weight is 305 g/mol. The second kappa shape index (κ2) is 8.01. The van der Waals surface area contributed by atoms with Crippen molar-refractivity contribution in [1.29, 1.82) is 0 Å². The summed E-state index contributed by atoms with van der Waals surface area (Å²) in [6.45, 7) is 3.41. The van der Waals surface area contributed by atoms with Crippen LogP contribution < -0.4 is 0 Å². The lowest BCUT2D eigenvalue weighted by Gasteiger charge is -2.07. The van der Waals surface area contributed by atoms with Crippen LogP contribution in [0, 0.1) is 0 Å². The first-order chi connectivity index (χ1) is 11.4. The fourth-order valence-electron chi connectivity index (χ4n) is 3.27. The number of nitrogens with zero attached hydrogens (tertiary/aromatic N) is 1. The predicted molar refractivity (Wildman–Crippen MR) is 101 cm³/mol. The molecule has 0 aliphatic heterocycles. The Morgan fingerprint density at radius 2 is 1.52 bits per heavy atom. The average Bonchev–Trinajstić information content (AvgIpc) is 3.01. The summed E-state index contributed by atoms with van der Waals surface area (Å²) in [5.74, 6) is 0. The van der Waals surface area contributed by atoms with Crippen LogP contribution >= 0.6 is 0 Å². The van der Waals surface area contributed by atoms with E-state index in [1.165, 1.54) is 60.6 Å². The van der Waals surface area contributed by atoms with Crippen LogP contribution in [0.2, 0.25) is 0 Å². The molecule has 0 atom stereocenters. The van der Waals surface area contributed by atoms with Crippen LogP contribution in [0.5, 0.6) is 0 Å². The Bertz CT molecular complexity index is 724. The normalized spacial score (nSPS) is 11.2. The summed E-state index contributed by atoms with van der Waals surface area (Å²) in [4.78, 5) is 0. The molecule has 1 heterocycles. The molecule has 0 aliphatic rings. The zero-order chi connectivity index (χ0) is 15.9. The van der Waals surface area contributed by atoms with E-state index in [0.717, 1.165) is 6.54 Å². The molecule has 23 heavy (non-hydrogen) atoms. The van der Waals surface area contributed by atoms with Crippen molar-refractivity contribution >= 4 is 10.9 Å². The minimum atomic E-state index is 1.14. The third-order valence-electron chi connectivity index (χ3n) is 4.63. The molecule has 3 aromatic rings. The Hall–Kier alpha value is -2.02. The largest absolute Gasteiger partial charge is 0.347 e. The Labute approximate surface area is 140 Å². The van der Waals surface area contributed by atoms with E-state index < -0.39 is 0 Å². The Morgan fingerprint density at radius 1 is 0.739 bits per heavy atom. The summed E-state index contributed by atoms with van der Waals surface area (Å²) < 4.78 is 2.41. The molecular formula is C22H27N. The Balaban J connectivity index is 1.65. The molecule has 0 spiro atoms. The minimum absolute atomic E-state index is 1.14. The SMILES string of the molecule is CCCCCCCCn1ccc2cc(-c3ccccc3)ccc21. The summed E-state index contributed by atoms with van der Waals surface area (Å²) in [5.41, 5.74) is 3.95. The van der Waals surface area contributed by atoms with E-state index in [1.807, 2.05) is 0 Å². The maximum Gasteiger partial charge on any atom is 0.0480 e. The zero-order valence-electron chi connectivity index (χ0n) is 14.2. The van der Waals surface area contributed by atoms with Crippen molar-refractivity contribution in [2.75, 3.05) is 0 Å². The van der Waals surface area contributed by atoms with Gasteiger partial charge in [0.2, 0.25) is 0 Å². The van der Waals surface area contributed by atoms with Gasteiger partial charge in [-0.1, -0.05) is 75.4 Å². The van der Waals surface area contributed by atoms with E-state index in [4.69, 9.17) is 0 Å². The van der Waals surface area contributed by atoms with Gasteiger partial charge in [-0.05, 0) is 35.7 Å². The second-order valence-corrected chi connectivity index (χ2v) is 6.42. The first-order valence-corrected chi connectivity index (χ1v) is 9.03. The third kappa shape index (κ3) is 4.04. The molecule has 0 unspecified atom stereocenters. The highest BCUT2D eigenvalue weighted by Crippen LogP contribution is 2.25. The number of aryl methyl sites for hydroxylation is 1. The molecule has 0 saturated carbocycles. The van der Waals surface area contributed by atoms with Crippen LogP contribution in [-0.2, 0) is 6.54 Å². The standard InChI is InChI=1S/C22H27N/c1-2-3-4-5-6-10-16-23-17-15-21-18-20(13-14-22(21)23)19-11-8-7-9-12-19/h7-9,11-15,17-18H,2-6,10,16H2,1H3. The van der Waals surface area contributed by atoms with Crippen LogP contribution in [0.3, 0.4) is 0 Å². The smallest absolute Gasteiger partial charge is 0.0480 e. The number of unbranched alkanes of at least 4 members (excludes halogenated alkanes) is 5. The highest BCUT2D eigenvalue weighted by atomic mass is 14.9. The van der Waals surface area contributed by atoms with Crippen molar-refractivity contribution in [2.24, 2.45) is 0 Å². The highest BCUT2D eigenvalue weighted by molar-refractivity contribution is 5.85. The molecule has 0 amide bonds. The number of aromatic nitrogens is 1. The lowest BCUT2D eigenvalue weighted by atomic mass is 10.0. The maximum absolute atomic E-state index is 2.41. The van der Waals surface area contributed by atoms with Crippen molar-refractivity contribution in [3.05, 3.63) is 60.8 Å². The van der Waals surface area contributed by atoms with Gasteiger partial charge in [-0.2, -0.15) is 0 Å². The molecule has 0 bridgehead atoms. The first kappa shape index (κ1) is 15.9. The lowest BCUT2D eigenvalue weighted by molar-refractivity contribution is 0.565. The molecule has 1 nitrogen and oxygen atoms in total. The van der Waals surface area contributed by atoms with Crippen LogP contribution in [0.25, 0.3) is 22.0 Å². The zero-order valence-corrected chi connectivity index (χ0v) is 14.2. The second-order valence-electron chi connectivity index (χ2n) is 6.42. The number of hydrogen-bond donors (Lipinski definition) is 0. The van der Waals surface area contributed by atoms with Gasteiger partial charge in [0.25, 0.3) is 0 Å². The molecular weight excluding hydrogens is 278 g/mol. The molecule has 0 radical (unpaired) electrons. The summed E-state index contributed by atoms with van der Waals surface area (Å²) >= 11 is 0. The monoisotopic (exact) mass is 305 g/mol.